The molecular weight excluding hydrogens is 582 g/mol. The lowest BCUT2D eigenvalue weighted by Gasteiger charge is -2.22. The first kappa shape index (κ1) is 28.7. The van der Waals surface area contributed by atoms with Crippen LogP contribution in [0.2, 0.25) is 5.02 Å². The van der Waals surface area contributed by atoms with Crippen LogP contribution in [-0.4, -0.2) is 40.2 Å². The topological polar surface area (TPSA) is 102 Å². The highest BCUT2D eigenvalue weighted by atomic mass is 35.5. The number of thioether (sulfide) groups is 1. The highest BCUT2D eigenvalue weighted by Gasteiger charge is 2.48. The monoisotopic (exact) mass is 607 g/mol. The zero-order chi connectivity index (χ0) is 28.9. The molecule has 11 heteroatoms. The molecule has 2 heterocycles. The molecule has 5 rings (SSSR count). The van der Waals surface area contributed by atoms with E-state index >= 15 is 0 Å². The molecule has 0 saturated carbocycles. The summed E-state index contributed by atoms with van der Waals surface area (Å²) in [4.78, 5) is 28.2. The number of aliphatic hydroxyl groups excluding tert-OH is 1. The normalized spacial score (nSPS) is 16.3. The quantitative estimate of drug-likeness (QED) is 0.0682. The molecule has 1 aromatic heterocycles. The second-order valence-electron chi connectivity index (χ2n) is 8.86. The van der Waals surface area contributed by atoms with Gasteiger partial charge >= 0.3 is 5.91 Å². The third-order valence-corrected chi connectivity index (χ3v) is 8.77. The van der Waals surface area contributed by atoms with Crippen molar-refractivity contribution in [1.29, 1.82) is 0 Å². The first-order chi connectivity index (χ1) is 19.9. The number of benzene rings is 3. The minimum Gasteiger partial charge on any atom is -0.507 e. The van der Waals surface area contributed by atoms with Gasteiger partial charge in [-0.3, -0.25) is 14.5 Å². The van der Waals surface area contributed by atoms with E-state index in [1.165, 1.54) is 28.0 Å². The van der Waals surface area contributed by atoms with Gasteiger partial charge in [0.1, 0.15) is 17.3 Å². The lowest BCUT2D eigenvalue weighted by molar-refractivity contribution is -0.132. The molecule has 1 N–H and O–H groups in total. The van der Waals surface area contributed by atoms with Crippen LogP contribution in [0.1, 0.15) is 36.6 Å². The maximum Gasteiger partial charge on any atom is 0.301 e. The summed E-state index contributed by atoms with van der Waals surface area (Å²) < 4.78 is 11.7. The van der Waals surface area contributed by atoms with Gasteiger partial charge in [-0.1, -0.05) is 65.0 Å². The number of ketones is 1. The molecule has 1 unspecified atom stereocenters. The van der Waals surface area contributed by atoms with Crippen molar-refractivity contribution in [3.8, 4) is 11.5 Å². The largest absolute Gasteiger partial charge is 0.507 e. The predicted molar refractivity (Wildman–Crippen MR) is 161 cm³/mol. The molecule has 1 atom stereocenters. The van der Waals surface area contributed by atoms with E-state index in [0.29, 0.717) is 51.0 Å². The van der Waals surface area contributed by atoms with Gasteiger partial charge in [0.25, 0.3) is 5.78 Å². The summed E-state index contributed by atoms with van der Waals surface area (Å²) in [5.41, 5.74) is 1.90. The molecule has 8 nitrogen and oxygen atoms in total. The third-order valence-electron chi connectivity index (χ3n) is 6.30. The molecule has 1 aliphatic heterocycles. The van der Waals surface area contributed by atoms with E-state index < -0.39 is 17.7 Å². The number of carbonyl (C=O) groups excluding carboxylic acids is 2. The minimum absolute atomic E-state index is 0.0382. The van der Waals surface area contributed by atoms with Gasteiger partial charge in [-0.15, -0.1) is 10.2 Å². The Kier molecular flexibility index (Phi) is 8.92. The fourth-order valence-electron chi connectivity index (χ4n) is 4.40. The Morgan fingerprint density at radius 1 is 0.951 bits per heavy atom. The number of aliphatic hydroxyl groups is 1. The number of ether oxygens (including phenoxy) is 2. The Hall–Kier alpha value is -3.86. The molecule has 1 aliphatic rings. The van der Waals surface area contributed by atoms with Gasteiger partial charge in [0.05, 0.1) is 24.8 Å². The number of nitrogens with zero attached hydrogens (tertiary/aromatic N) is 3. The molecule has 3 aromatic carbocycles. The number of hydrogen-bond acceptors (Lipinski definition) is 9. The van der Waals surface area contributed by atoms with Crippen molar-refractivity contribution in [3.63, 3.8) is 0 Å². The number of hydrogen-bond donors (Lipinski definition) is 1. The van der Waals surface area contributed by atoms with E-state index in [-0.39, 0.29) is 16.5 Å². The summed E-state index contributed by atoms with van der Waals surface area (Å²) in [5, 5.41) is 20.8. The van der Waals surface area contributed by atoms with Gasteiger partial charge in [-0.05, 0) is 67.4 Å². The Morgan fingerprint density at radius 3 is 2.22 bits per heavy atom. The lowest BCUT2D eigenvalue weighted by Crippen LogP contribution is -2.29. The van der Waals surface area contributed by atoms with Gasteiger partial charge in [-0.25, -0.2) is 0 Å². The van der Waals surface area contributed by atoms with Gasteiger partial charge in [-0.2, -0.15) is 0 Å². The van der Waals surface area contributed by atoms with Crippen molar-refractivity contribution in [2.24, 2.45) is 0 Å². The molecule has 0 spiro atoms. The SMILES string of the molecule is CCOc1ccc(/C(O)=C2/C(=O)C(=O)N(c3nnc(SCc4ccccc4Cl)s3)C2c2ccc(OCC)cc2)cc1. The Bertz CT molecular complexity index is 1590. The van der Waals surface area contributed by atoms with E-state index in [0.717, 1.165) is 5.56 Å². The van der Waals surface area contributed by atoms with Crippen LogP contribution in [0.25, 0.3) is 5.76 Å². The number of Topliss-reactive ketones (excluding diaryl/α,β-unsaturated/α-hetero) is 1. The van der Waals surface area contributed by atoms with E-state index in [2.05, 4.69) is 10.2 Å². The van der Waals surface area contributed by atoms with Crippen LogP contribution < -0.4 is 14.4 Å². The molecule has 0 aliphatic carbocycles. The average Bonchev–Trinajstić information content (AvgIpc) is 3.55. The fraction of sp³-hybridized carbons (Fsp3) is 0.200. The van der Waals surface area contributed by atoms with Crippen molar-refractivity contribution in [2.75, 3.05) is 18.1 Å². The summed E-state index contributed by atoms with van der Waals surface area (Å²) >= 11 is 8.92. The highest BCUT2D eigenvalue weighted by molar-refractivity contribution is 8.00. The van der Waals surface area contributed by atoms with Crippen LogP contribution in [0.15, 0.2) is 82.7 Å². The number of aromatic nitrogens is 2. The second-order valence-corrected chi connectivity index (χ2v) is 11.4. The van der Waals surface area contributed by atoms with Crippen LogP contribution in [0.5, 0.6) is 11.5 Å². The Labute approximate surface area is 250 Å². The van der Waals surface area contributed by atoms with E-state index in [4.69, 9.17) is 21.1 Å². The first-order valence-electron chi connectivity index (χ1n) is 12.9. The molecule has 0 radical (unpaired) electrons. The van der Waals surface area contributed by atoms with Crippen molar-refractivity contribution in [1.82, 2.24) is 10.2 Å². The van der Waals surface area contributed by atoms with Crippen LogP contribution in [0.3, 0.4) is 0 Å². The van der Waals surface area contributed by atoms with Crippen LogP contribution in [-0.2, 0) is 15.3 Å². The first-order valence-corrected chi connectivity index (χ1v) is 15.1. The van der Waals surface area contributed by atoms with Crippen molar-refractivity contribution >= 4 is 57.3 Å². The van der Waals surface area contributed by atoms with Gasteiger partial charge in [0.2, 0.25) is 5.13 Å². The Morgan fingerprint density at radius 2 is 1.59 bits per heavy atom. The third kappa shape index (κ3) is 6.09. The van der Waals surface area contributed by atoms with Crippen molar-refractivity contribution in [3.05, 3.63) is 100 Å². The Balaban J connectivity index is 1.53. The van der Waals surface area contributed by atoms with Crippen LogP contribution >= 0.6 is 34.7 Å². The summed E-state index contributed by atoms with van der Waals surface area (Å²) in [6, 6.07) is 20.4. The van der Waals surface area contributed by atoms with Crippen molar-refractivity contribution in [2.45, 2.75) is 30.0 Å². The van der Waals surface area contributed by atoms with Gasteiger partial charge in [0, 0.05) is 16.3 Å². The zero-order valence-corrected chi connectivity index (χ0v) is 24.6. The summed E-state index contributed by atoms with van der Waals surface area (Å²) in [6.45, 7) is 4.75. The summed E-state index contributed by atoms with van der Waals surface area (Å²) in [5.74, 6) is -0.0543. The minimum atomic E-state index is -0.924. The zero-order valence-electron chi connectivity index (χ0n) is 22.2. The van der Waals surface area contributed by atoms with Gasteiger partial charge in [0.15, 0.2) is 4.34 Å². The summed E-state index contributed by atoms with van der Waals surface area (Å²) in [7, 11) is 0. The number of amides is 1. The summed E-state index contributed by atoms with van der Waals surface area (Å²) in [6.07, 6.45) is 0. The lowest BCUT2D eigenvalue weighted by atomic mass is 9.95. The fourth-order valence-corrected chi connectivity index (χ4v) is 6.56. The standard InChI is InChI=1S/C30H26ClN3O5S2/c1-3-38-21-13-9-18(10-14-21)25-24(26(35)19-11-15-22(16-12-19)39-4-2)27(36)28(37)34(25)29-32-33-30(41-29)40-17-20-7-5-6-8-23(20)31/h5-16,25,35H,3-4,17H2,1-2H3/b26-24-. The van der Waals surface area contributed by atoms with Crippen molar-refractivity contribution < 1.29 is 24.2 Å². The molecular formula is C30H26ClN3O5S2. The number of rotatable bonds is 10. The highest BCUT2D eigenvalue weighted by Crippen LogP contribution is 2.44. The predicted octanol–water partition coefficient (Wildman–Crippen LogP) is 6.91. The molecule has 4 aromatic rings. The van der Waals surface area contributed by atoms with E-state index in [1.807, 2.05) is 38.1 Å². The number of anilines is 1. The molecule has 1 amide bonds. The van der Waals surface area contributed by atoms with E-state index in [1.54, 1.807) is 48.5 Å². The van der Waals surface area contributed by atoms with Crippen LogP contribution in [0, 0.1) is 0 Å². The number of carbonyl (C=O) groups is 2. The van der Waals surface area contributed by atoms with Crippen LogP contribution in [0.4, 0.5) is 5.13 Å². The molecule has 210 valence electrons. The number of halogens is 1. The van der Waals surface area contributed by atoms with E-state index in [9.17, 15) is 14.7 Å². The van der Waals surface area contributed by atoms with Gasteiger partial charge < -0.3 is 14.6 Å². The molecule has 1 saturated heterocycles. The smallest absolute Gasteiger partial charge is 0.301 e. The molecule has 0 bridgehead atoms. The average molecular weight is 608 g/mol. The maximum absolute atomic E-state index is 13.5. The molecule has 41 heavy (non-hydrogen) atoms. The molecule has 1 fully saturated rings. The second kappa shape index (κ2) is 12.8. The maximum atomic E-state index is 13.5.